The molecule has 1 fully saturated rings. The molecule has 1 amide bonds. The number of aryl methyl sites for hydroxylation is 1. The van der Waals surface area contributed by atoms with Gasteiger partial charge in [0.2, 0.25) is 0 Å². The van der Waals surface area contributed by atoms with Gasteiger partial charge in [0.05, 0.1) is 22.8 Å². The van der Waals surface area contributed by atoms with Crippen molar-refractivity contribution in [2.75, 3.05) is 25.1 Å². The fourth-order valence-electron chi connectivity index (χ4n) is 3.45. The first kappa shape index (κ1) is 21.7. The maximum atomic E-state index is 12.6. The van der Waals surface area contributed by atoms with Gasteiger partial charge in [0, 0.05) is 31.0 Å². The summed E-state index contributed by atoms with van der Waals surface area (Å²) in [4.78, 5) is 34.9. The molecule has 0 bridgehead atoms. The maximum absolute atomic E-state index is 12.6. The van der Waals surface area contributed by atoms with Crippen LogP contribution in [0, 0.1) is 6.92 Å². The number of H-pyrrole nitrogens is 2. The average molecular weight is 483 g/mol. The smallest absolute Gasteiger partial charge is 0.350 e. The van der Waals surface area contributed by atoms with Gasteiger partial charge < -0.3 is 19.9 Å². The minimum atomic E-state index is -0.438. The van der Waals surface area contributed by atoms with E-state index < -0.39 is 5.97 Å². The van der Waals surface area contributed by atoms with Gasteiger partial charge >= 0.3 is 5.97 Å². The van der Waals surface area contributed by atoms with Gasteiger partial charge in [-0.05, 0) is 25.8 Å². The lowest BCUT2D eigenvalue weighted by molar-refractivity contribution is 0.0606. The molecule has 1 aliphatic rings. The Morgan fingerprint density at radius 1 is 1.29 bits per heavy atom. The number of amides is 1. The van der Waals surface area contributed by atoms with Crippen molar-refractivity contribution < 1.29 is 14.3 Å². The molecule has 0 unspecified atom stereocenters. The molecular formula is C19H20Cl2N6O3S. The Balaban J connectivity index is 1.43. The summed E-state index contributed by atoms with van der Waals surface area (Å²) in [5.74, 6) is -0.713. The van der Waals surface area contributed by atoms with Gasteiger partial charge in [-0.25, -0.2) is 9.78 Å². The Morgan fingerprint density at radius 3 is 2.61 bits per heavy atom. The zero-order valence-electron chi connectivity index (χ0n) is 16.8. The number of hydrogen-bond acceptors (Lipinski definition) is 7. The topological polar surface area (TPSA) is 116 Å². The summed E-state index contributed by atoms with van der Waals surface area (Å²) < 4.78 is 4.91. The van der Waals surface area contributed by atoms with Crippen molar-refractivity contribution in [3.8, 4) is 11.4 Å². The first-order chi connectivity index (χ1) is 14.9. The molecule has 0 aliphatic carbocycles. The third kappa shape index (κ3) is 4.28. The lowest BCUT2D eigenvalue weighted by Gasteiger charge is -2.32. The van der Waals surface area contributed by atoms with Crippen LogP contribution >= 0.6 is 34.5 Å². The van der Waals surface area contributed by atoms with Crippen molar-refractivity contribution >= 4 is 51.5 Å². The first-order valence-electron chi connectivity index (χ1n) is 9.57. The molecule has 4 rings (SSSR count). The highest BCUT2D eigenvalue weighted by Crippen LogP contribution is 2.34. The fraction of sp³-hybridized carbons (Fsp3) is 0.368. The van der Waals surface area contributed by atoms with E-state index in [-0.39, 0.29) is 22.7 Å². The van der Waals surface area contributed by atoms with Gasteiger partial charge in [0.15, 0.2) is 5.13 Å². The highest BCUT2D eigenvalue weighted by molar-refractivity contribution is 7.17. The Bertz CT molecular complexity index is 1100. The summed E-state index contributed by atoms with van der Waals surface area (Å²) in [7, 11) is 1.34. The highest BCUT2D eigenvalue weighted by Gasteiger charge is 2.28. The van der Waals surface area contributed by atoms with E-state index in [0.717, 1.165) is 18.0 Å². The minimum Gasteiger partial charge on any atom is -0.465 e. The van der Waals surface area contributed by atoms with Gasteiger partial charge in [-0.15, -0.1) is 0 Å². The van der Waals surface area contributed by atoms with Crippen LogP contribution in [0.3, 0.4) is 0 Å². The molecule has 9 nitrogen and oxygen atoms in total. The van der Waals surface area contributed by atoms with Crippen molar-refractivity contribution in [3.05, 3.63) is 38.6 Å². The van der Waals surface area contributed by atoms with E-state index in [0.29, 0.717) is 40.1 Å². The van der Waals surface area contributed by atoms with E-state index in [4.69, 9.17) is 27.9 Å². The van der Waals surface area contributed by atoms with Crippen molar-refractivity contribution in [1.29, 1.82) is 0 Å². The number of esters is 1. The van der Waals surface area contributed by atoms with E-state index in [1.54, 1.807) is 19.2 Å². The molecule has 31 heavy (non-hydrogen) atoms. The average Bonchev–Trinajstić information content (AvgIpc) is 3.50. The van der Waals surface area contributed by atoms with E-state index in [1.807, 2.05) is 0 Å². The quantitative estimate of drug-likeness (QED) is 0.477. The second-order valence-electron chi connectivity index (χ2n) is 7.12. The number of aromatic amines is 2. The largest absolute Gasteiger partial charge is 0.465 e. The molecule has 0 spiro atoms. The second kappa shape index (κ2) is 8.89. The molecule has 0 radical (unpaired) electrons. The molecule has 0 atom stereocenters. The summed E-state index contributed by atoms with van der Waals surface area (Å²) >= 11 is 13.5. The lowest BCUT2D eigenvalue weighted by atomic mass is 10.1. The van der Waals surface area contributed by atoms with Crippen LogP contribution in [-0.2, 0) is 4.74 Å². The summed E-state index contributed by atoms with van der Waals surface area (Å²) in [6.45, 7) is 3.12. The highest BCUT2D eigenvalue weighted by atomic mass is 35.5. The zero-order valence-corrected chi connectivity index (χ0v) is 19.1. The SMILES string of the molecule is COC(=O)c1sc(N2CCC(NC(=O)c3[nH]c(C)c(Cl)c3Cl)CC2)nc1-c1ccn[nH]1. The number of ether oxygens (including phenoxy) is 1. The second-order valence-corrected chi connectivity index (χ2v) is 8.86. The molecule has 1 saturated heterocycles. The van der Waals surface area contributed by atoms with Crippen LogP contribution in [0.1, 0.15) is 38.7 Å². The minimum absolute atomic E-state index is 0.00526. The standard InChI is InChI=1S/C19H20Cl2N6O3S/c1-9-12(20)13(21)15(23-9)17(28)24-10-4-7-27(8-5-10)19-25-14(11-3-6-22-26-11)16(31-19)18(29)30-2/h3,6,10,23H,4-5,7-8H2,1-2H3,(H,22,26)(H,24,28). The van der Waals surface area contributed by atoms with E-state index >= 15 is 0 Å². The van der Waals surface area contributed by atoms with E-state index in [2.05, 4.69) is 30.4 Å². The predicted octanol–water partition coefficient (Wildman–Crippen LogP) is 3.66. The number of carbonyl (C=O) groups is 2. The summed E-state index contributed by atoms with van der Waals surface area (Å²) in [5, 5.41) is 11.1. The van der Waals surface area contributed by atoms with Crippen LogP contribution in [0.4, 0.5) is 5.13 Å². The number of carbonyl (C=O) groups excluding carboxylic acids is 2. The van der Waals surface area contributed by atoms with Crippen LogP contribution in [0.5, 0.6) is 0 Å². The fourth-order valence-corrected chi connectivity index (χ4v) is 4.91. The number of nitrogens with one attached hydrogen (secondary N) is 3. The summed E-state index contributed by atoms with van der Waals surface area (Å²) in [6.07, 6.45) is 3.06. The number of rotatable bonds is 5. The number of anilines is 1. The number of hydrogen-bond donors (Lipinski definition) is 3. The molecule has 164 valence electrons. The van der Waals surface area contributed by atoms with Crippen LogP contribution in [0.25, 0.3) is 11.4 Å². The van der Waals surface area contributed by atoms with Crippen molar-refractivity contribution in [2.24, 2.45) is 0 Å². The Hall–Kier alpha value is -2.56. The van der Waals surface area contributed by atoms with Gasteiger partial charge in [0.1, 0.15) is 16.3 Å². The molecule has 12 heteroatoms. The molecule has 0 saturated carbocycles. The summed E-state index contributed by atoms with van der Waals surface area (Å²) in [6, 6.07) is 1.75. The van der Waals surface area contributed by atoms with Crippen LogP contribution in [0.15, 0.2) is 12.3 Å². The van der Waals surface area contributed by atoms with Gasteiger partial charge in [-0.3, -0.25) is 9.89 Å². The van der Waals surface area contributed by atoms with E-state index in [1.165, 1.54) is 18.4 Å². The zero-order chi connectivity index (χ0) is 22.1. The third-order valence-electron chi connectivity index (χ3n) is 5.12. The monoisotopic (exact) mass is 482 g/mol. The molecule has 3 aromatic rings. The number of thiazole rings is 1. The van der Waals surface area contributed by atoms with E-state index in [9.17, 15) is 9.59 Å². The number of aromatic nitrogens is 4. The summed E-state index contributed by atoms with van der Waals surface area (Å²) in [5.41, 5.74) is 2.11. The normalized spacial score (nSPS) is 14.6. The number of methoxy groups -OCH3 is 1. The first-order valence-corrected chi connectivity index (χ1v) is 11.1. The van der Waals surface area contributed by atoms with Crippen molar-refractivity contribution in [3.63, 3.8) is 0 Å². The Morgan fingerprint density at radius 2 is 2.03 bits per heavy atom. The van der Waals surface area contributed by atoms with Gasteiger partial charge in [-0.1, -0.05) is 34.5 Å². The third-order valence-corrected chi connectivity index (χ3v) is 7.17. The molecule has 4 heterocycles. The number of halogens is 2. The number of nitrogens with zero attached hydrogens (tertiary/aromatic N) is 3. The molecule has 3 N–H and O–H groups in total. The molecular weight excluding hydrogens is 463 g/mol. The maximum Gasteiger partial charge on any atom is 0.350 e. The molecule has 1 aliphatic heterocycles. The molecule has 3 aromatic heterocycles. The van der Waals surface area contributed by atoms with Crippen LogP contribution in [0.2, 0.25) is 10.0 Å². The van der Waals surface area contributed by atoms with Crippen molar-refractivity contribution in [2.45, 2.75) is 25.8 Å². The molecule has 0 aromatic carbocycles. The Kier molecular flexibility index (Phi) is 6.22. The predicted molar refractivity (Wildman–Crippen MR) is 119 cm³/mol. The van der Waals surface area contributed by atoms with Gasteiger partial charge in [0.25, 0.3) is 5.91 Å². The van der Waals surface area contributed by atoms with Crippen LogP contribution < -0.4 is 10.2 Å². The lowest BCUT2D eigenvalue weighted by Crippen LogP contribution is -2.44. The number of piperidine rings is 1. The van der Waals surface area contributed by atoms with Crippen molar-refractivity contribution in [1.82, 2.24) is 25.5 Å². The van der Waals surface area contributed by atoms with Crippen LogP contribution in [-0.4, -0.2) is 58.3 Å². The Labute approximate surface area is 192 Å². The van der Waals surface area contributed by atoms with Gasteiger partial charge in [-0.2, -0.15) is 5.10 Å².